The van der Waals surface area contributed by atoms with E-state index in [1.54, 1.807) is 0 Å². The van der Waals surface area contributed by atoms with E-state index in [2.05, 4.69) is 0 Å². The Morgan fingerprint density at radius 3 is 2.80 bits per heavy atom. The summed E-state index contributed by atoms with van der Waals surface area (Å²) >= 11 is 0. The van der Waals surface area contributed by atoms with E-state index in [1.807, 2.05) is 4.90 Å². The van der Waals surface area contributed by atoms with Crippen LogP contribution in [0, 0.1) is 5.41 Å². The molecule has 114 valence electrons. The van der Waals surface area contributed by atoms with Gasteiger partial charge in [-0.25, -0.2) is 0 Å². The number of hydrogen-bond donors (Lipinski definition) is 0. The fraction of sp³-hybridized carbons (Fsp3) is 0.938. The predicted molar refractivity (Wildman–Crippen MR) is 76.5 cm³/mol. The lowest BCUT2D eigenvalue weighted by Gasteiger charge is -2.24. The minimum absolute atomic E-state index is 0.171. The number of likely N-dealkylation sites (tertiary alicyclic amines) is 1. The molecule has 0 radical (unpaired) electrons. The van der Waals surface area contributed by atoms with Gasteiger partial charge in [-0.2, -0.15) is 0 Å². The Balaban J connectivity index is 1.37. The summed E-state index contributed by atoms with van der Waals surface area (Å²) in [6.45, 7) is 3.55. The van der Waals surface area contributed by atoms with Crippen LogP contribution in [0.1, 0.15) is 51.4 Å². The van der Waals surface area contributed by atoms with Gasteiger partial charge in [0.1, 0.15) is 6.61 Å². The van der Waals surface area contributed by atoms with Gasteiger partial charge in [0.05, 0.1) is 12.7 Å². The maximum atomic E-state index is 12.2. The molecule has 1 atom stereocenters. The molecule has 0 aromatic heterocycles. The highest BCUT2D eigenvalue weighted by molar-refractivity contribution is 5.77. The summed E-state index contributed by atoms with van der Waals surface area (Å²) in [7, 11) is 0. The van der Waals surface area contributed by atoms with Crippen molar-refractivity contribution in [1.82, 2.24) is 4.90 Å². The Bertz CT molecular complexity index is 333. The summed E-state index contributed by atoms with van der Waals surface area (Å²) in [5, 5.41) is 0. The number of ether oxygens (including phenoxy) is 2. The number of amides is 1. The standard InChI is InChI=1S/C16H27NO3/c18-15(12-19-11-14-5-1-4-10-20-14)17-9-8-16(13-17)6-2-3-7-16/h14H,1-13H2/t14-/m0/s1. The molecule has 4 nitrogen and oxygen atoms in total. The van der Waals surface area contributed by atoms with Gasteiger partial charge in [0.25, 0.3) is 0 Å². The van der Waals surface area contributed by atoms with Crippen LogP contribution in [0.25, 0.3) is 0 Å². The van der Waals surface area contributed by atoms with Crippen LogP contribution in [-0.2, 0) is 14.3 Å². The Kier molecular flexibility index (Phi) is 4.61. The van der Waals surface area contributed by atoms with Gasteiger partial charge in [0, 0.05) is 19.7 Å². The maximum absolute atomic E-state index is 12.2. The van der Waals surface area contributed by atoms with Crippen LogP contribution in [0.2, 0.25) is 0 Å². The fourth-order valence-corrected chi connectivity index (χ4v) is 3.99. The van der Waals surface area contributed by atoms with Crippen LogP contribution in [0.4, 0.5) is 0 Å². The van der Waals surface area contributed by atoms with E-state index in [-0.39, 0.29) is 18.6 Å². The fourth-order valence-electron chi connectivity index (χ4n) is 3.99. The van der Waals surface area contributed by atoms with Gasteiger partial charge in [0.2, 0.25) is 5.91 Å². The van der Waals surface area contributed by atoms with E-state index in [0.29, 0.717) is 12.0 Å². The molecule has 3 fully saturated rings. The molecule has 3 aliphatic rings. The van der Waals surface area contributed by atoms with Crippen LogP contribution >= 0.6 is 0 Å². The Labute approximate surface area is 121 Å². The summed E-state index contributed by atoms with van der Waals surface area (Å²) in [5.74, 6) is 0.171. The zero-order chi connectivity index (χ0) is 13.8. The topological polar surface area (TPSA) is 38.8 Å². The van der Waals surface area contributed by atoms with Crippen molar-refractivity contribution in [2.45, 2.75) is 57.5 Å². The lowest BCUT2D eigenvalue weighted by Crippen LogP contribution is -2.35. The number of hydrogen-bond acceptors (Lipinski definition) is 3. The lowest BCUT2D eigenvalue weighted by atomic mass is 9.86. The maximum Gasteiger partial charge on any atom is 0.248 e. The highest BCUT2D eigenvalue weighted by atomic mass is 16.5. The Hall–Kier alpha value is -0.610. The SMILES string of the molecule is O=C(COC[C@@H]1CCCCO1)N1CCC2(CCCC2)C1. The quantitative estimate of drug-likeness (QED) is 0.794. The Morgan fingerprint density at radius 2 is 2.05 bits per heavy atom. The van der Waals surface area contributed by atoms with Crippen molar-refractivity contribution in [3.05, 3.63) is 0 Å². The van der Waals surface area contributed by atoms with Crippen LogP contribution in [0.5, 0.6) is 0 Å². The molecule has 1 aliphatic carbocycles. The van der Waals surface area contributed by atoms with Crippen molar-refractivity contribution in [1.29, 1.82) is 0 Å². The number of rotatable bonds is 4. The van der Waals surface area contributed by atoms with Crippen molar-refractivity contribution in [2.24, 2.45) is 5.41 Å². The van der Waals surface area contributed by atoms with Crippen molar-refractivity contribution < 1.29 is 14.3 Å². The number of carbonyl (C=O) groups is 1. The normalized spacial score (nSPS) is 29.2. The zero-order valence-corrected chi connectivity index (χ0v) is 12.4. The molecule has 2 saturated heterocycles. The Morgan fingerprint density at radius 1 is 1.20 bits per heavy atom. The van der Waals surface area contributed by atoms with E-state index in [9.17, 15) is 4.79 Å². The molecule has 3 rings (SSSR count). The first-order valence-corrected chi connectivity index (χ1v) is 8.25. The van der Waals surface area contributed by atoms with E-state index in [4.69, 9.17) is 9.47 Å². The zero-order valence-electron chi connectivity index (χ0n) is 12.4. The smallest absolute Gasteiger partial charge is 0.248 e. The van der Waals surface area contributed by atoms with E-state index >= 15 is 0 Å². The van der Waals surface area contributed by atoms with Gasteiger partial charge in [-0.1, -0.05) is 12.8 Å². The van der Waals surface area contributed by atoms with Crippen LogP contribution in [0.15, 0.2) is 0 Å². The molecule has 2 aliphatic heterocycles. The predicted octanol–water partition coefficient (Wildman–Crippen LogP) is 2.36. The third-order valence-corrected chi connectivity index (χ3v) is 5.26. The number of nitrogens with zero attached hydrogens (tertiary/aromatic N) is 1. The molecule has 1 amide bonds. The second-order valence-electron chi connectivity index (χ2n) is 6.78. The third-order valence-electron chi connectivity index (χ3n) is 5.26. The monoisotopic (exact) mass is 281 g/mol. The molecule has 1 spiro atoms. The summed E-state index contributed by atoms with van der Waals surface area (Å²) in [4.78, 5) is 14.2. The third kappa shape index (κ3) is 3.34. The van der Waals surface area contributed by atoms with Crippen LogP contribution in [-0.4, -0.2) is 49.8 Å². The summed E-state index contributed by atoms with van der Waals surface area (Å²) in [6, 6.07) is 0. The summed E-state index contributed by atoms with van der Waals surface area (Å²) in [5.41, 5.74) is 0.460. The van der Waals surface area contributed by atoms with Crippen molar-refractivity contribution >= 4 is 5.91 Å². The molecule has 0 aromatic rings. The van der Waals surface area contributed by atoms with Crippen molar-refractivity contribution in [2.75, 3.05) is 32.9 Å². The molecule has 0 unspecified atom stereocenters. The second-order valence-corrected chi connectivity index (χ2v) is 6.78. The van der Waals surface area contributed by atoms with Gasteiger partial charge in [-0.05, 0) is 43.9 Å². The highest BCUT2D eigenvalue weighted by Gasteiger charge is 2.41. The molecular formula is C16H27NO3. The summed E-state index contributed by atoms with van der Waals surface area (Å²) in [6.07, 6.45) is 10.2. The van der Waals surface area contributed by atoms with Crippen molar-refractivity contribution in [3.8, 4) is 0 Å². The first-order valence-electron chi connectivity index (χ1n) is 8.25. The molecule has 0 aromatic carbocycles. The number of carbonyl (C=O) groups excluding carboxylic acids is 1. The average molecular weight is 281 g/mol. The van der Waals surface area contributed by atoms with Crippen LogP contribution in [0.3, 0.4) is 0 Å². The first kappa shape index (κ1) is 14.3. The summed E-state index contributed by atoms with van der Waals surface area (Å²) < 4.78 is 11.2. The molecule has 4 heteroatoms. The van der Waals surface area contributed by atoms with Gasteiger partial charge >= 0.3 is 0 Å². The van der Waals surface area contributed by atoms with Gasteiger partial charge in [-0.3, -0.25) is 4.79 Å². The molecule has 2 heterocycles. The van der Waals surface area contributed by atoms with Crippen molar-refractivity contribution in [3.63, 3.8) is 0 Å². The second kappa shape index (κ2) is 6.44. The molecular weight excluding hydrogens is 254 g/mol. The van der Waals surface area contributed by atoms with Gasteiger partial charge in [-0.15, -0.1) is 0 Å². The highest BCUT2D eigenvalue weighted by Crippen LogP contribution is 2.45. The first-order chi connectivity index (χ1) is 9.77. The molecule has 0 bridgehead atoms. The lowest BCUT2D eigenvalue weighted by molar-refractivity contribution is -0.137. The average Bonchev–Trinajstić information content (AvgIpc) is 3.11. The molecule has 0 N–H and O–H groups in total. The van der Waals surface area contributed by atoms with Crippen LogP contribution < -0.4 is 0 Å². The van der Waals surface area contributed by atoms with Gasteiger partial charge in [0.15, 0.2) is 0 Å². The van der Waals surface area contributed by atoms with E-state index in [0.717, 1.165) is 32.5 Å². The minimum Gasteiger partial charge on any atom is -0.376 e. The largest absolute Gasteiger partial charge is 0.376 e. The van der Waals surface area contributed by atoms with E-state index < -0.39 is 0 Å². The molecule has 20 heavy (non-hydrogen) atoms. The minimum atomic E-state index is 0.171. The van der Waals surface area contributed by atoms with Gasteiger partial charge < -0.3 is 14.4 Å². The molecule has 1 saturated carbocycles. The van der Waals surface area contributed by atoms with E-state index in [1.165, 1.54) is 38.5 Å².